The number of aliphatic hydroxyl groups is 1. The molecule has 0 fully saturated rings. The van der Waals surface area contributed by atoms with Crippen LogP contribution in [0.2, 0.25) is 0 Å². The van der Waals surface area contributed by atoms with Crippen LogP contribution in [0.4, 0.5) is 5.69 Å². The molecule has 0 aliphatic carbocycles. The van der Waals surface area contributed by atoms with Gasteiger partial charge in [-0.1, -0.05) is 24.3 Å². The van der Waals surface area contributed by atoms with Crippen LogP contribution in [0.15, 0.2) is 42.6 Å². The fourth-order valence-electron chi connectivity index (χ4n) is 2.12. The van der Waals surface area contributed by atoms with Gasteiger partial charge in [0.25, 0.3) is 0 Å². The third-order valence-corrected chi connectivity index (χ3v) is 3.51. The van der Waals surface area contributed by atoms with Crippen LogP contribution in [-0.4, -0.2) is 56.8 Å². The van der Waals surface area contributed by atoms with Crippen molar-refractivity contribution in [3.63, 3.8) is 0 Å². The summed E-state index contributed by atoms with van der Waals surface area (Å²) in [5.41, 5.74) is 3.23. The van der Waals surface area contributed by atoms with Crippen molar-refractivity contribution in [2.75, 3.05) is 52.0 Å². The molecule has 0 saturated heterocycles. The summed E-state index contributed by atoms with van der Waals surface area (Å²) in [6, 6.07) is 12.0. The molecule has 2 rings (SSSR count). The molecule has 0 unspecified atom stereocenters. The number of hydrogen-bond acceptors (Lipinski definition) is 6. The Hall–Kier alpha value is -2.41. The number of nitrogens with one attached hydrogen (secondary N) is 1. The maximum atomic E-state index is 8.56. The topological polar surface area (TPSA) is 72.8 Å². The van der Waals surface area contributed by atoms with Crippen molar-refractivity contribution >= 4 is 17.8 Å². The predicted molar refractivity (Wildman–Crippen MR) is 103 cm³/mol. The fraction of sp³-hybridized carbons (Fsp3) is 0.350. The predicted octanol–water partition coefficient (Wildman–Crippen LogP) is 2.70. The van der Waals surface area contributed by atoms with Gasteiger partial charge in [0.05, 0.1) is 33.0 Å². The summed E-state index contributed by atoms with van der Waals surface area (Å²) in [5.74, 6) is 0.570. The van der Waals surface area contributed by atoms with Crippen LogP contribution in [0.3, 0.4) is 0 Å². The Morgan fingerprint density at radius 3 is 2.19 bits per heavy atom. The molecule has 26 heavy (non-hydrogen) atoms. The molecule has 0 aliphatic heterocycles. The molecule has 0 aliphatic rings. The first-order chi connectivity index (χ1) is 12.8. The van der Waals surface area contributed by atoms with Gasteiger partial charge in [0.15, 0.2) is 0 Å². The van der Waals surface area contributed by atoms with E-state index in [1.54, 1.807) is 6.20 Å². The zero-order valence-electron chi connectivity index (χ0n) is 15.1. The lowest BCUT2D eigenvalue weighted by molar-refractivity contribution is 0.0243. The van der Waals surface area contributed by atoms with Crippen LogP contribution in [-0.2, 0) is 9.47 Å². The van der Waals surface area contributed by atoms with Crippen molar-refractivity contribution < 1.29 is 19.3 Å². The Morgan fingerprint density at radius 2 is 1.54 bits per heavy atom. The van der Waals surface area contributed by atoms with E-state index in [1.165, 1.54) is 0 Å². The normalized spacial score (nSPS) is 11.0. The highest BCUT2D eigenvalue weighted by molar-refractivity contribution is 5.70. The van der Waals surface area contributed by atoms with E-state index in [4.69, 9.17) is 19.3 Å². The van der Waals surface area contributed by atoms with E-state index >= 15 is 0 Å². The molecule has 0 radical (unpaired) electrons. The quantitative estimate of drug-likeness (QED) is 0.569. The Morgan fingerprint density at radius 1 is 0.885 bits per heavy atom. The number of hydrogen-bond donors (Lipinski definition) is 2. The van der Waals surface area contributed by atoms with Crippen LogP contribution in [0, 0.1) is 0 Å². The Labute approximate surface area is 154 Å². The van der Waals surface area contributed by atoms with E-state index in [0.717, 1.165) is 16.8 Å². The van der Waals surface area contributed by atoms with Gasteiger partial charge >= 0.3 is 0 Å². The van der Waals surface area contributed by atoms with E-state index in [-0.39, 0.29) is 6.61 Å². The first-order valence-electron chi connectivity index (χ1n) is 8.63. The van der Waals surface area contributed by atoms with Crippen molar-refractivity contribution in [2.45, 2.75) is 0 Å². The highest BCUT2D eigenvalue weighted by Gasteiger charge is 1.96. The van der Waals surface area contributed by atoms with Gasteiger partial charge in [-0.25, -0.2) is 4.98 Å². The first-order valence-corrected chi connectivity index (χ1v) is 8.63. The summed E-state index contributed by atoms with van der Waals surface area (Å²) in [4.78, 5) is 4.29. The average molecular weight is 358 g/mol. The third kappa shape index (κ3) is 7.65. The summed E-state index contributed by atoms with van der Waals surface area (Å²) in [7, 11) is 1.90. The molecule has 0 saturated carbocycles. The second-order valence-corrected chi connectivity index (χ2v) is 5.43. The Kier molecular flexibility index (Phi) is 9.21. The second-order valence-electron chi connectivity index (χ2n) is 5.43. The van der Waals surface area contributed by atoms with Crippen LogP contribution in [0.5, 0.6) is 5.88 Å². The SMILES string of the molecule is CNc1ccc(/C=C/c2ccc(OCCOCCOCCO)nc2)cc1. The van der Waals surface area contributed by atoms with Crippen molar-refractivity contribution in [3.05, 3.63) is 53.7 Å². The molecule has 2 N–H and O–H groups in total. The van der Waals surface area contributed by atoms with Crippen molar-refractivity contribution in [3.8, 4) is 5.88 Å². The van der Waals surface area contributed by atoms with Crippen LogP contribution >= 0.6 is 0 Å². The largest absolute Gasteiger partial charge is 0.475 e. The van der Waals surface area contributed by atoms with Gasteiger partial charge in [0, 0.05) is 25.0 Å². The molecule has 0 bridgehead atoms. The minimum Gasteiger partial charge on any atom is -0.475 e. The minimum absolute atomic E-state index is 0.0303. The summed E-state index contributed by atoms with van der Waals surface area (Å²) >= 11 is 0. The number of ether oxygens (including phenoxy) is 3. The van der Waals surface area contributed by atoms with E-state index in [2.05, 4.69) is 22.4 Å². The second kappa shape index (κ2) is 12.0. The van der Waals surface area contributed by atoms with Crippen molar-refractivity contribution in [1.82, 2.24) is 4.98 Å². The smallest absolute Gasteiger partial charge is 0.213 e. The number of aromatic nitrogens is 1. The molecule has 0 spiro atoms. The Bertz CT molecular complexity index is 642. The maximum absolute atomic E-state index is 8.56. The van der Waals surface area contributed by atoms with Crippen LogP contribution in [0.25, 0.3) is 12.2 Å². The van der Waals surface area contributed by atoms with Crippen LogP contribution < -0.4 is 10.1 Å². The van der Waals surface area contributed by atoms with Gasteiger partial charge in [-0.05, 0) is 29.3 Å². The molecular weight excluding hydrogens is 332 g/mol. The van der Waals surface area contributed by atoms with E-state index in [9.17, 15) is 0 Å². The molecule has 0 amide bonds. The molecule has 2 aromatic rings. The molecule has 6 nitrogen and oxygen atoms in total. The fourth-order valence-corrected chi connectivity index (χ4v) is 2.12. The molecule has 0 atom stereocenters. The van der Waals surface area contributed by atoms with Crippen molar-refractivity contribution in [1.29, 1.82) is 0 Å². The van der Waals surface area contributed by atoms with E-state index < -0.39 is 0 Å². The number of anilines is 1. The molecule has 6 heteroatoms. The lowest BCUT2D eigenvalue weighted by Gasteiger charge is -2.07. The summed E-state index contributed by atoms with van der Waals surface area (Å²) in [6.45, 7) is 2.22. The van der Waals surface area contributed by atoms with E-state index in [1.807, 2.05) is 43.5 Å². The number of rotatable bonds is 12. The van der Waals surface area contributed by atoms with Crippen molar-refractivity contribution in [2.24, 2.45) is 0 Å². The van der Waals surface area contributed by atoms with Crippen LogP contribution in [0.1, 0.15) is 11.1 Å². The summed E-state index contributed by atoms with van der Waals surface area (Å²) in [5, 5.41) is 11.7. The Balaban J connectivity index is 1.68. The zero-order valence-corrected chi connectivity index (χ0v) is 15.1. The number of benzene rings is 1. The number of pyridine rings is 1. The average Bonchev–Trinajstić information content (AvgIpc) is 2.69. The maximum Gasteiger partial charge on any atom is 0.213 e. The number of aliphatic hydroxyl groups excluding tert-OH is 1. The molecule has 1 aromatic heterocycles. The lowest BCUT2D eigenvalue weighted by atomic mass is 10.1. The van der Waals surface area contributed by atoms with Gasteiger partial charge < -0.3 is 24.6 Å². The van der Waals surface area contributed by atoms with Gasteiger partial charge in [0.2, 0.25) is 5.88 Å². The highest BCUT2D eigenvalue weighted by Crippen LogP contribution is 2.13. The minimum atomic E-state index is 0.0303. The summed E-state index contributed by atoms with van der Waals surface area (Å²) < 4.78 is 16.0. The molecule has 140 valence electrons. The lowest BCUT2D eigenvalue weighted by Crippen LogP contribution is -2.12. The first kappa shape index (κ1) is 19.9. The zero-order chi connectivity index (χ0) is 18.5. The van der Waals surface area contributed by atoms with Gasteiger partial charge in [-0.3, -0.25) is 0 Å². The third-order valence-electron chi connectivity index (χ3n) is 3.51. The van der Waals surface area contributed by atoms with Gasteiger partial charge in [0.1, 0.15) is 6.61 Å². The molecule has 1 aromatic carbocycles. The summed E-state index contributed by atoms with van der Waals surface area (Å²) in [6.07, 6.45) is 5.84. The molecule has 1 heterocycles. The number of nitrogens with zero attached hydrogens (tertiary/aromatic N) is 1. The van der Waals surface area contributed by atoms with Gasteiger partial charge in [-0.15, -0.1) is 0 Å². The standard InChI is InChI=1S/C20H26N2O4/c1-21-19-7-4-17(5-8-19)2-3-18-6-9-20(22-16-18)26-15-14-25-13-12-24-11-10-23/h2-9,16,21,23H,10-15H2,1H3/b3-2+. The molecular formula is C20H26N2O4. The van der Waals surface area contributed by atoms with E-state index in [0.29, 0.717) is 38.9 Å². The highest BCUT2D eigenvalue weighted by atomic mass is 16.5. The monoisotopic (exact) mass is 358 g/mol. The van der Waals surface area contributed by atoms with Gasteiger partial charge in [-0.2, -0.15) is 0 Å².